The number of nitrogens with one attached hydrogen (secondary N) is 2. The first kappa shape index (κ1) is 9.76. The zero-order valence-corrected chi connectivity index (χ0v) is 8.36. The summed E-state index contributed by atoms with van der Waals surface area (Å²) in [5.41, 5.74) is 6.29. The largest absolute Gasteiger partial charge is 0.384 e. The molecule has 1 aliphatic heterocycles. The van der Waals surface area contributed by atoms with E-state index >= 15 is 0 Å². The summed E-state index contributed by atoms with van der Waals surface area (Å²) in [5, 5.41) is 5.94. The van der Waals surface area contributed by atoms with Gasteiger partial charge in [-0.2, -0.15) is 0 Å². The molecule has 2 rings (SSSR count). The Kier molecular flexibility index (Phi) is 2.71. The molecule has 0 radical (unpaired) electrons. The van der Waals surface area contributed by atoms with Gasteiger partial charge in [-0.25, -0.2) is 4.98 Å². The molecule has 1 aromatic rings. The SMILES string of the molecule is Nc1ccc(NC2CCCNC2=O)cn1. The van der Waals surface area contributed by atoms with Crippen molar-refractivity contribution in [3.05, 3.63) is 18.3 Å². The van der Waals surface area contributed by atoms with Gasteiger partial charge in [0.05, 0.1) is 11.9 Å². The summed E-state index contributed by atoms with van der Waals surface area (Å²) in [4.78, 5) is 15.4. The third kappa shape index (κ3) is 2.37. The van der Waals surface area contributed by atoms with Crippen molar-refractivity contribution in [2.75, 3.05) is 17.6 Å². The van der Waals surface area contributed by atoms with Crippen LogP contribution < -0.4 is 16.4 Å². The minimum Gasteiger partial charge on any atom is -0.384 e. The van der Waals surface area contributed by atoms with Crippen LogP contribution in [0.4, 0.5) is 11.5 Å². The Bertz CT molecular complexity index is 349. The molecule has 5 heteroatoms. The van der Waals surface area contributed by atoms with Gasteiger partial charge in [-0.3, -0.25) is 4.79 Å². The van der Waals surface area contributed by atoms with E-state index in [-0.39, 0.29) is 11.9 Å². The third-order valence-corrected chi connectivity index (χ3v) is 2.41. The fraction of sp³-hybridized carbons (Fsp3) is 0.400. The topological polar surface area (TPSA) is 80.0 Å². The van der Waals surface area contributed by atoms with E-state index in [0.717, 1.165) is 25.1 Å². The first-order valence-corrected chi connectivity index (χ1v) is 5.01. The minimum atomic E-state index is -0.149. The maximum atomic E-state index is 11.4. The van der Waals surface area contributed by atoms with Gasteiger partial charge in [0.2, 0.25) is 5.91 Å². The van der Waals surface area contributed by atoms with E-state index in [2.05, 4.69) is 15.6 Å². The van der Waals surface area contributed by atoms with Crippen LogP contribution in [0, 0.1) is 0 Å². The summed E-state index contributed by atoms with van der Waals surface area (Å²) >= 11 is 0. The molecule has 0 aliphatic carbocycles. The number of nitrogens with zero attached hydrogens (tertiary/aromatic N) is 1. The van der Waals surface area contributed by atoms with E-state index in [1.165, 1.54) is 0 Å². The minimum absolute atomic E-state index is 0.0538. The first-order chi connectivity index (χ1) is 7.25. The van der Waals surface area contributed by atoms with Crippen molar-refractivity contribution < 1.29 is 4.79 Å². The van der Waals surface area contributed by atoms with Gasteiger partial charge < -0.3 is 16.4 Å². The van der Waals surface area contributed by atoms with Gasteiger partial charge in [-0.1, -0.05) is 0 Å². The standard InChI is InChI=1S/C10H14N4O/c11-9-4-3-7(6-13-9)14-8-2-1-5-12-10(8)15/h3-4,6,8,14H,1-2,5H2,(H2,11,13)(H,12,15). The second-order valence-electron chi connectivity index (χ2n) is 3.60. The lowest BCUT2D eigenvalue weighted by molar-refractivity contribution is -0.123. The molecule has 1 aromatic heterocycles. The van der Waals surface area contributed by atoms with Gasteiger partial charge in [-0.15, -0.1) is 0 Å². The molecular weight excluding hydrogens is 192 g/mol. The number of anilines is 2. The summed E-state index contributed by atoms with van der Waals surface area (Å²) in [7, 11) is 0. The van der Waals surface area contributed by atoms with Crippen LogP contribution in [0.5, 0.6) is 0 Å². The molecule has 1 amide bonds. The maximum absolute atomic E-state index is 11.4. The zero-order chi connectivity index (χ0) is 10.7. The molecule has 5 nitrogen and oxygen atoms in total. The molecule has 80 valence electrons. The van der Waals surface area contributed by atoms with Gasteiger partial charge >= 0.3 is 0 Å². The van der Waals surface area contributed by atoms with Crippen LogP contribution in [-0.2, 0) is 4.79 Å². The fourth-order valence-electron chi connectivity index (χ4n) is 1.60. The number of nitrogens with two attached hydrogens (primary N) is 1. The lowest BCUT2D eigenvalue weighted by atomic mass is 10.1. The summed E-state index contributed by atoms with van der Waals surface area (Å²) in [5.74, 6) is 0.534. The van der Waals surface area contributed by atoms with E-state index in [0.29, 0.717) is 5.82 Å². The monoisotopic (exact) mass is 206 g/mol. The first-order valence-electron chi connectivity index (χ1n) is 5.01. The number of hydrogen-bond donors (Lipinski definition) is 3. The van der Waals surface area contributed by atoms with Crippen molar-refractivity contribution in [1.29, 1.82) is 0 Å². The number of carbonyl (C=O) groups is 1. The number of aromatic nitrogens is 1. The smallest absolute Gasteiger partial charge is 0.242 e. The molecule has 1 aliphatic rings. The molecule has 0 spiro atoms. The molecule has 15 heavy (non-hydrogen) atoms. The molecule has 0 aromatic carbocycles. The summed E-state index contributed by atoms with van der Waals surface area (Å²) in [6, 6.07) is 3.39. The highest BCUT2D eigenvalue weighted by molar-refractivity contribution is 5.85. The predicted octanol–water partition coefficient (Wildman–Crippen LogP) is 0.354. The number of pyridine rings is 1. The summed E-state index contributed by atoms with van der Waals surface area (Å²) < 4.78 is 0. The normalized spacial score (nSPS) is 20.8. The van der Waals surface area contributed by atoms with E-state index in [9.17, 15) is 4.79 Å². The van der Waals surface area contributed by atoms with Crippen LogP contribution in [0.1, 0.15) is 12.8 Å². The number of hydrogen-bond acceptors (Lipinski definition) is 4. The number of rotatable bonds is 2. The highest BCUT2D eigenvalue weighted by atomic mass is 16.2. The van der Waals surface area contributed by atoms with Crippen molar-refractivity contribution in [2.24, 2.45) is 0 Å². The van der Waals surface area contributed by atoms with Crippen molar-refractivity contribution >= 4 is 17.4 Å². The molecule has 0 saturated carbocycles. The predicted molar refractivity (Wildman–Crippen MR) is 58.3 cm³/mol. The average molecular weight is 206 g/mol. The molecule has 1 saturated heterocycles. The number of nitrogen functional groups attached to an aromatic ring is 1. The van der Waals surface area contributed by atoms with Crippen LogP contribution in [0.15, 0.2) is 18.3 Å². The average Bonchev–Trinajstić information content (AvgIpc) is 2.25. The molecular formula is C10H14N4O. The van der Waals surface area contributed by atoms with Crippen LogP contribution in [0.25, 0.3) is 0 Å². The van der Waals surface area contributed by atoms with Crippen LogP contribution >= 0.6 is 0 Å². The molecule has 1 fully saturated rings. The third-order valence-electron chi connectivity index (χ3n) is 2.41. The molecule has 1 unspecified atom stereocenters. The summed E-state index contributed by atoms with van der Waals surface area (Å²) in [6.45, 7) is 0.775. The Hall–Kier alpha value is -1.78. The Balaban J connectivity index is 2.01. The Labute approximate surface area is 88.1 Å². The Morgan fingerprint density at radius 2 is 2.40 bits per heavy atom. The maximum Gasteiger partial charge on any atom is 0.242 e. The van der Waals surface area contributed by atoms with E-state index in [4.69, 9.17) is 5.73 Å². The van der Waals surface area contributed by atoms with Crippen LogP contribution in [0.2, 0.25) is 0 Å². The van der Waals surface area contributed by atoms with Crippen molar-refractivity contribution in [1.82, 2.24) is 10.3 Å². The molecule has 0 bridgehead atoms. The Morgan fingerprint density at radius 3 is 3.07 bits per heavy atom. The molecule has 2 heterocycles. The number of carbonyl (C=O) groups excluding carboxylic acids is 1. The van der Waals surface area contributed by atoms with Gasteiger partial charge in [-0.05, 0) is 25.0 Å². The van der Waals surface area contributed by atoms with Gasteiger partial charge in [0.1, 0.15) is 11.9 Å². The van der Waals surface area contributed by atoms with E-state index < -0.39 is 0 Å². The number of piperidine rings is 1. The van der Waals surface area contributed by atoms with Crippen molar-refractivity contribution in [2.45, 2.75) is 18.9 Å². The van der Waals surface area contributed by atoms with E-state index in [1.54, 1.807) is 12.3 Å². The van der Waals surface area contributed by atoms with Gasteiger partial charge in [0, 0.05) is 6.54 Å². The lowest BCUT2D eigenvalue weighted by Crippen LogP contribution is -2.44. The summed E-state index contributed by atoms with van der Waals surface area (Å²) in [6.07, 6.45) is 3.50. The second kappa shape index (κ2) is 4.16. The van der Waals surface area contributed by atoms with Crippen molar-refractivity contribution in [3.63, 3.8) is 0 Å². The lowest BCUT2D eigenvalue weighted by Gasteiger charge is -2.23. The zero-order valence-electron chi connectivity index (χ0n) is 8.36. The Morgan fingerprint density at radius 1 is 1.53 bits per heavy atom. The highest BCUT2D eigenvalue weighted by Crippen LogP contribution is 2.12. The quantitative estimate of drug-likeness (QED) is 0.652. The van der Waals surface area contributed by atoms with Crippen LogP contribution in [-0.4, -0.2) is 23.5 Å². The van der Waals surface area contributed by atoms with Gasteiger partial charge in [0.15, 0.2) is 0 Å². The second-order valence-corrected chi connectivity index (χ2v) is 3.60. The number of amides is 1. The molecule has 1 atom stereocenters. The highest BCUT2D eigenvalue weighted by Gasteiger charge is 2.21. The van der Waals surface area contributed by atoms with E-state index in [1.807, 2.05) is 6.07 Å². The van der Waals surface area contributed by atoms with Crippen molar-refractivity contribution in [3.8, 4) is 0 Å². The molecule has 4 N–H and O–H groups in total. The fourth-order valence-corrected chi connectivity index (χ4v) is 1.60. The van der Waals surface area contributed by atoms with Gasteiger partial charge in [0.25, 0.3) is 0 Å². The van der Waals surface area contributed by atoms with Crippen LogP contribution in [0.3, 0.4) is 0 Å².